The number of hydrogen-bond donors (Lipinski definition) is 1. The zero-order valence-corrected chi connectivity index (χ0v) is 25.3. The number of thioether (sulfide) groups is 1. The Hall–Kier alpha value is -3.05. The summed E-state index contributed by atoms with van der Waals surface area (Å²) in [5, 5.41) is 2.91. The van der Waals surface area contributed by atoms with E-state index in [1.807, 2.05) is 59.5 Å². The summed E-state index contributed by atoms with van der Waals surface area (Å²) in [6, 6.07) is 16.0. The van der Waals surface area contributed by atoms with Gasteiger partial charge in [-0.05, 0) is 64.4 Å². The summed E-state index contributed by atoms with van der Waals surface area (Å²) in [5.41, 5.74) is 1.98. The van der Waals surface area contributed by atoms with Crippen molar-refractivity contribution >= 4 is 50.1 Å². The molecule has 0 aliphatic carbocycles. The first-order valence-corrected chi connectivity index (χ1v) is 16.3. The molecule has 3 atom stereocenters. The highest BCUT2D eigenvalue weighted by Gasteiger charge is 2.49. The van der Waals surface area contributed by atoms with Crippen LogP contribution in [0, 0.1) is 0 Å². The maximum absolute atomic E-state index is 13.6. The summed E-state index contributed by atoms with van der Waals surface area (Å²) < 4.78 is 30.4. The molecule has 2 aromatic carbocycles. The number of nitrogens with one attached hydrogen (secondary N) is 1. The van der Waals surface area contributed by atoms with E-state index in [2.05, 4.69) is 29.1 Å². The second kappa shape index (κ2) is 12.2. The zero-order chi connectivity index (χ0) is 29.1. The molecule has 40 heavy (non-hydrogen) atoms. The van der Waals surface area contributed by atoms with Crippen molar-refractivity contribution in [2.75, 3.05) is 34.4 Å². The summed E-state index contributed by atoms with van der Waals surface area (Å²) in [4.78, 5) is 34.8. The van der Waals surface area contributed by atoms with Crippen LogP contribution in [0.5, 0.6) is 0 Å². The van der Waals surface area contributed by atoms with Crippen LogP contribution in [0.1, 0.15) is 40.2 Å². The molecule has 3 unspecified atom stereocenters. The summed E-state index contributed by atoms with van der Waals surface area (Å²) >= 11 is 1.31. The molecule has 0 radical (unpaired) electrons. The van der Waals surface area contributed by atoms with Crippen molar-refractivity contribution in [3.63, 3.8) is 0 Å². The molecule has 2 aliphatic rings. The van der Waals surface area contributed by atoms with Crippen LogP contribution in [-0.2, 0) is 25.8 Å². The Morgan fingerprint density at radius 1 is 1.07 bits per heavy atom. The Kier molecular flexibility index (Phi) is 9.14. The fourth-order valence-electron chi connectivity index (χ4n) is 4.95. The Morgan fingerprint density at radius 3 is 2.33 bits per heavy atom. The van der Waals surface area contributed by atoms with Gasteiger partial charge >= 0.3 is 6.09 Å². The summed E-state index contributed by atoms with van der Waals surface area (Å²) in [5.74, 6) is -0.489. The highest BCUT2D eigenvalue weighted by molar-refractivity contribution is 8.16. The molecule has 1 N–H and O–H groups in total. The fraction of sp³-hybridized carbons (Fsp3) is 0.483. The number of aliphatic imine (C=N–C) groups is 1. The van der Waals surface area contributed by atoms with Gasteiger partial charge in [0, 0.05) is 36.1 Å². The number of fused-ring (bicyclic) bond motifs is 1. The van der Waals surface area contributed by atoms with Gasteiger partial charge in [-0.3, -0.25) is 4.79 Å². The Balaban J connectivity index is 1.65. The van der Waals surface area contributed by atoms with Gasteiger partial charge in [-0.25, -0.2) is 13.2 Å². The van der Waals surface area contributed by atoms with Crippen molar-refractivity contribution in [1.82, 2.24) is 5.32 Å². The molecule has 2 fully saturated rings. The van der Waals surface area contributed by atoms with E-state index >= 15 is 0 Å². The van der Waals surface area contributed by atoms with Crippen LogP contribution >= 0.6 is 11.8 Å². The van der Waals surface area contributed by atoms with Crippen LogP contribution in [0.4, 0.5) is 16.2 Å². The fourth-order valence-corrected chi connectivity index (χ4v) is 8.87. The van der Waals surface area contributed by atoms with Gasteiger partial charge in [0.15, 0.2) is 15.0 Å². The highest BCUT2D eigenvalue weighted by atomic mass is 32.2. The minimum Gasteiger partial charge on any atom is -0.444 e. The smallest absolute Gasteiger partial charge is 0.408 e. The lowest BCUT2D eigenvalue weighted by molar-refractivity contribution is -0.119. The molecule has 2 aliphatic heterocycles. The molecule has 2 heterocycles. The lowest BCUT2D eigenvalue weighted by Crippen LogP contribution is -2.45. The first-order valence-electron chi connectivity index (χ1n) is 13.6. The van der Waals surface area contributed by atoms with E-state index < -0.39 is 33.5 Å². The molecule has 4 rings (SSSR count). The van der Waals surface area contributed by atoms with Crippen LogP contribution in [-0.4, -0.2) is 73.1 Å². The third-order valence-electron chi connectivity index (χ3n) is 6.80. The number of hydrogen-bond acceptors (Lipinski definition) is 7. The predicted molar refractivity (Wildman–Crippen MR) is 162 cm³/mol. The van der Waals surface area contributed by atoms with Crippen molar-refractivity contribution in [2.45, 2.75) is 64.0 Å². The number of rotatable bonds is 8. The third-order valence-corrected chi connectivity index (χ3v) is 10.0. The molecule has 0 bridgehead atoms. The van der Waals surface area contributed by atoms with Crippen molar-refractivity contribution in [2.24, 2.45) is 4.99 Å². The molecular weight excluding hydrogens is 548 g/mol. The first-order chi connectivity index (χ1) is 18.9. The van der Waals surface area contributed by atoms with Gasteiger partial charge in [-0.15, -0.1) is 0 Å². The number of nitrogens with zero attached hydrogens (tertiary/aromatic N) is 3. The number of amidine groups is 1. The molecule has 216 valence electrons. The molecule has 2 aromatic rings. The minimum absolute atomic E-state index is 0.000718. The van der Waals surface area contributed by atoms with E-state index in [-0.39, 0.29) is 29.2 Å². The van der Waals surface area contributed by atoms with E-state index in [4.69, 9.17) is 4.74 Å². The molecule has 2 amide bonds. The van der Waals surface area contributed by atoms with Gasteiger partial charge in [0.1, 0.15) is 11.6 Å². The second-order valence-corrected chi connectivity index (χ2v) is 14.3. The second-order valence-electron chi connectivity index (χ2n) is 11.0. The SMILES string of the molecule is CCN(CC)c1ccc(N2C(=NC(=O)C(Cc3ccccc3)NC(=O)OC(C)(C)C)SC3CS(=O)(=O)CC32)cc1. The van der Waals surface area contributed by atoms with Crippen molar-refractivity contribution in [3.8, 4) is 0 Å². The molecule has 0 spiro atoms. The number of alkyl carbamates (subject to hydrolysis) is 1. The Labute approximate surface area is 241 Å². The normalized spacial score (nSPS) is 21.6. The lowest BCUT2D eigenvalue weighted by Gasteiger charge is -2.27. The molecule has 0 saturated carbocycles. The highest BCUT2D eigenvalue weighted by Crippen LogP contribution is 2.41. The van der Waals surface area contributed by atoms with Gasteiger partial charge in [0.05, 0.1) is 17.5 Å². The Morgan fingerprint density at radius 2 is 1.73 bits per heavy atom. The van der Waals surface area contributed by atoms with Gasteiger partial charge < -0.3 is 19.9 Å². The first kappa shape index (κ1) is 29.9. The number of amides is 2. The quantitative estimate of drug-likeness (QED) is 0.489. The standard InChI is InChI=1S/C29H38N4O5S2/c1-6-32(7-2)21-13-15-22(16-14-21)33-24-18-40(36,37)19-25(24)39-27(33)31-26(34)23(17-20-11-9-8-10-12-20)30-28(35)38-29(3,4)5/h8-16,23-25H,6-7,17-19H2,1-5H3,(H,30,35). The maximum Gasteiger partial charge on any atom is 0.408 e. The molecule has 11 heteroatoms. The molecule has 9 nitrogen and oxygen atoms in total. The summed E-state index contributed by atoms with van der Waals surface area (Å²) in [7, 11) is -3.20. The predicted octanol–water partition coefficient (Wildman–Crippen LogP) is 4.27. The summed E-state index contributed by atoms with van der Waals surface area (Å²) in [6.07, 6.45) is -0.465. The number of carbonyl (C=O) groups is 2. The molecule has 2 saturated heterocycles. The molecular formula is C29H38N4O5S2. The van der Waals surface area contributed by atoms with Gasteiger partial charge in [-0.1, -0.05) is 42.1 Å². The number of benzene rings is 2. The number of sulfone groups is 1. The van der Waals surface area contributed by atoms with Crippen molar-refractivity contribution in [1.29, 1.82) is 0 Å². The van der Waals surface area contributed by atoms with Crippen LogP contribution in [0.2, 0.25) is 0 Å². The number of anilines is 2. The van der Waals surface area contributed by atoms with Gasteiger partial charge in [0.2, 0.25) is 0 Å². The van der Waals surface area contributed by atoms with E-state index in [0.717, 1.165) is 30.0 Å². The average molecular weight is 587 g/mol. The van der Waals surface area contributed by atoms with Crippen molar-refractivity contribution < 1.29 is 22.7 Å². The average Bonchev–Trinajstić information content (AvgIpc) is 3.35. The number of ether oxygens (including phenoxy) is 1. The van der Waals surface area contributed by atoms with E-state index in [0.29, 0.717) is 5.17 Å². The number of carbonyl (C=O) groups excluding carboxylic acids is 2. The minimum atomic E-state index is -3.20. The monoisotopic (exact) mass is 586 g/mol. The van der Waals surface area contributed by atoms with Crippen LogP contribution in [0.15, 0.2) is 59.6 Å². The van der Waals surface area contributed by atoms with Crippen LogP contribution in [0.3, 0.4) is 0 Å². The van der Waals surface area contributed by atoms with E-state index in [1.165, 1.54) is 11.8 Å². The third kappa shape index (κ3) is 7.37. The summed E-state index contributed by atoms with van der Waals surface area (Å²) in [6.45, 7) is 11.2. The molecule has 0 aromatic heterocycles. The lowest BCUT2D eigenvalue weighted by atomic mass is 10.1. The van der Waals surface area contributed by atoms with Gasteiger partial charge in [-0.2, -0.15) is 4.99 Å². The van der Waals surface area contributed by atoms with Crippen molar-refractivity contribution in [3.05, 3.63) is 60.2 Å². The van der Waals surface area contributed by atoms with Crippen LogP contribution in [0.25, 0.3) is 0 Å². The largest absolute Gasteiger partial charge is 0.444 e. The van der Waals surface area contributed by atoms with E-state index in [9.17, 15) is 18.0 Å². The maximum atomic E-state index is 13.6. The Bertz CT molecular complexity index is 1340. The zero-order valence-electron chi connectivity index (χ0n) is 23.7. The van der Waals surface area contributed by atoms with E-state index in [1.54, 1.807) is 20.8 Å². The topological polar surface area (TPSA) is 108 Å². The van der Waals surface area contributed by atoms with Crippen LogP contribution < -0.4 is 15.1 Å². The van der Waals surface area contributed by atoms with Gasteiger partial charge in [0.25, 0.3) is 5.91 Å².